The number of hydrogen-bond acceptors (Lipinski definition) is 5. The summed E-state index contributed by atoms with van der Waals surface area (Å²) >= 11 is 0. The van der Waals surface area contributed by atoms with Crippen LogP contribution in [0.3, 0.4) is 0 Å². The van der Waals surface area contributed by atoms with E-state index in [-0.39, 0.29) is 0 Å². The SMILES string of the molecule is O=C(O)CC(=O)OCCS(=O)(=O)C(F)(F)F. The first-order valence-corrected chi connectivity index (χ1v) is 5.38. The number of aliphatic carboxylic acids is 1. The third-order valence-electron chi connectivity index (χ3n) is 1.26. The number of carbonyl (C=O) groups excluding carboxylic acids is 1. The van der Waals surface area contributed by atoms with Gasteiger partial charge in [0.2, 0.25) is 0 Å². The molecule has 0 amide bonds. The summed E-state index contributed by atoms with van der Waals surface area (Å²) in [6.45, 7) is -1.03. The summed E-state index contributed by atoms with van der Waals surface area (Å²) in [5.41, 5.74) is -5.41. The van der Waals surface area contributed by atoms with Crippen LogP contribution in [-0.2, 0) is 24.2 Å². The van der Waals surface area contributed by atoms with Crippen LogP contribution in [0.15, 0.2) is 0 Å². The molecule has 0 saturated carbocycles. The van der Waals surface area contributed by atoms with Crippen LogP contribution >= 0.6 is 0 Å². The molecule has 10 heteroatoms. The van der Waals surface area contributed by atoms with Crippen molar-refractivity contribution in [2.45, 2.75) is 11.9 Å². The Balaban J connectivity index is 4.10. The van der Waals surface area contributed by atoms with Crippen LogP contribution in [0.2, 0.25) is 0 Å². The van der Waals surface area contributed by atoms with E-state index in [4.69, 9.17) is 5.11 Å². The van der Waals surface area contributed by atoms with Gasteiger partial charge < -0.3 is 9.84 Å². The quantitative estimate of drug-likeness (QED) is 0.551. The summed E-state index contributed by atoms with van der Waals surface area (Å²) in [4.78, 5) is 20.4. The van der Waals surface area contributed by atoms with E-state index in [2.05, 4.69) is 4.74 Å². The predicted molar refractivity (Wildman–Crippen MR) is 43.1 cm³/mol. The molecule has 0 saturated heterocycles. The smallest absolute Gasteiger partial charge is 0.481 e. The van der Waals surface area contributed by atoms with Crippen molar-refractivity contribution in [3.8, 4) is 0 Å². The number of carbonyl (C=O) groups is 2. The Kier molecular flexibility index (Phi) is 4.72. The van der Waals surface area contributed by atoms with E-state index in [1.54, 1.807) is 0 Å². The number of carboxylic acid groups (broad SMARTS) is 1. The molecule has 0 bridgehead atoms. The van der Waals surface area contributed by atoms with Crippen molar-refractivity contribution >= 4 is 21.8 Å². The van der Waals surface area contributed by atoms with Crippen molar-refractivity contribution in [2.24, 2.45) is 0 Å². The molecule has 0 aromatic heterocycles. The van der Waals surface area contributed by atoms with Crippen molar-refractivity contribution in [2.75, 3.05) is 12.4 Å². The van der Waals surface area contributed by atoms with Crippen molar-refractivity contribution in [1.29, 1.82) is 0 Å². The largest absolute Gasteiger partial charge is 0.497 e. The third-order valence-corrected chi connectivity index (χ3v) is 2.67. The molecular weight excluding hydrogens is 257 g/mol. The standard InChI is InChI=1S/C6H7F3O6S/c7-6(8,9)16(13,14)2-1-15-5(12)3-4(10)11/h1-3H2,(H,10,11). The Morgan fingerprint density at radius 1 is 1.25 bits per heavy atom. The second-order valence-electron chi connectivity index (χ2n) is 2.56. The lowest BCUT2D eigenvalue weighted by Gasteiger charge is -2.07. The molecule has 6 nitrogen and oxygen atoms in total. The van der Waals surface area contributed by atoms with Gasteiger partial charge in [0.15, 0.2) is 0 Å². The zero-order valence-electron chi connectivity index (χ0n) is 7.65. The van der Waals surface area contributed by atoms with Crippen LogP contribution in [0, 0.1) is 0 Å². The van der Waals surface area contributed by atoms with Crippen LogP contribution in [-0.4, -0.2) is 43.3 Å². The van der Waals surface area contributed by atoms with Crippen LogP contribution in [0.1, 0.15) is 6.42 Å². The molecule has 0 fully saturated rings. The van der Waals surface area contributed by atoms with E-state index in [0.717, 1.165) is 0 Å². The monoisotopic (exact) mass is 264 g/mol. The molecule has 0 rings (SSSR count). The summed E-state index contributed by atoms with van der Waals surface area (Å²) in [7, 11) is -5.35. The van der Waals surface area contributed by atoms with Crippen LogP contribution < -0.4 is 0 Å². The number of sulfone groups is 1. The molecule has 1 N–H and O–H groups in total. The number of carboxylic acids is 1. The molecule has 0 spiro atoms. The minimum atomic E-state index is -5.41. The molecule has 0 unspecified atom stereocenters. The average Bonchev–Trinajstić information content (AvgIpc) is 1.99. The summed E-state index contributed by atoms with van der Waals surface area (Å²) in [5, 5.41) is 8.07. The van der Waals surface area contributed by atoms with Gasteiger partial charge in [-0.2, -0.15) is 13.2 Å². The Hall–Kier alpha value is -1.32. The summed E-state index contributed by atoms with van der Waals surface area (Å²) in [6, 6.07) is 0. The lowest BCUT2D eigenvalue weighted by atomic mass is 10.4. The fourth-order valence-corrected chi connectivity index (χ4v) is 1.09. The van der Waals surface area contributed by atoms with Crippen molar-refractivity contribution in [3.05, 3.63) is 0 Å². The highest BCUT2D eigenvalue weighted by atomic mass is 32.2. The van der Waals surface area contributed by atoms with Gasteiger partial charge in [-0.1, -0.05) is 0 Å². The Morgan fingerprint density at radius 3 is 2.12 bits per heavy atom. The van der Waals surface area contributed by atoms with Gasteiger partial charge in [-0.3, -0.25) is 9.59 Å². The molecule has 0 aliphatic heterocycles. The summed E-state index contributed by atoms with van der Waals surface area (Å²) in [5.74, 6) is -4.25. The number of ether oxygens (including phenoxy) is 1. The highest BCUT2D eigenvalue weighted by Gasteiger charge is 2.45. The molecule has 0 radical (unpaired) electrons. The van der Waals surface area contributed by atoms with Crippen molar-refractivity contribution in [3.63, 3.8) is 0 Å². The zero-order valence-corrected chi connectivity index (χ0v) is 8.47. The fourth-order valence-electron chi connectivity index (χ4n) is 0.555. The van der Waals surface area contributed by atoms with Gasteiger partial charge in [0.25, 0.3) is 9.84 Å². The zero-order chi connectivity index (χ0) is 13.0. The van der Waals surface area contributed by atoms with Gasteiger partial charge >= 0.3 is 17.4 Å². The minimum absolute atomic E-state index is 1.03. The number of rotatable bonds is 5. The fraction of sp³-hybridized carbons (Fsp3) is 0.667. The van der Waals surface area contributed by atoms with Gasteiger partial charge in [0.05, 0.1) is 5.75 Å². The van der Waals surface area contributed by atoms with E-state index < -0.39 is 46.1 Å². The maximum atomic E-state index is 11.7. The maximum absolute atomic E-state index is 11.7. The van der Waals surface area contributed by atoms with E-state index in [1.807, 2.05) is 0 Å². The lowest BCUT2D eigenvalue weighted by Crippen LogP contribution is -2.29. The van der Waals surface area contributed by atoms with Crippen molar-refractivity contribution < 1.29 is 41.0 Å². The second-order valence-corrected chi connectivity index (χ2v) is 4.66. The number of esters is 1. The topological polar surface area (TPSA) is 97.7 Å². The Bertz CT molecular complexity index is 370. The number of alkyl halides is 3. The molecule has 0 aromatic carbocycles. The number of halogens is 3. The summed E-state index contributed by atoms with van der Waals surface area (Å²) < 4.78 is 60.1. The molecule has 16 heavy (non-hydrogen) atoms. The Morgan fingerprint density at radius 2 is 1.75 bits per heavy atom. The van der Waals surface area contributed by atoms with Gasteiger partial charge in [-0.05, 0) is 0 Å². The van der Waals surface area contributed by atoms with E-state index in [9.17, 15) is 31.2 Å². The number of hydrogen-bond donors (Lipinski definition) is 1. The van der Waals surface area contributed by atoms with Crippen LogP contribution in [0.5, 0.6) is 0 Å². The average molecular weight is 264 g/mol. The molecule has 0 aliphatic rings. The molecule has 94 valence electrons. The normalized spacial score (nSPS) is 12.2. The van der Waals surface area contributed by atoms with Gasteiger partial charge in [-0.15, -0.1) is 0 Å². The van der Waals surface area contributed by atoms with E-state index in [0.29, 0.717) is 0 Å². The lowest BCUT2D eigenvalue weighted by molar-refractivity contribution is -0.150. The minimum Gasteiger partial charge on any atom is -0.481 e. The first-order chi connectivity index (χ1) is 7.06. The highest BCUT2D eigenvalue weighted by Crippen LogP contribution is 2.23. The second kappa shape index (κ2) is 5.14. The Labute approximate surface area is 87.9 Å². The first-order valence-electron chi connectivity index (χ1n) is 3.72. The van der Waals surface area contributed by atoms with Gasteiger partial charge in [-0.25, -0.2) is 8.42 Å². The first kappa shape index (κ1) is 14.7. The van der Waals surface area contributed by atoms with Gasteiger partial charge in [0.1, 0.15) is 13.0 Å². The van der Waals surface area contributed by atoms with E-state index >= 15 is 0 Å². The van der Waals surface area contributed by atoms with Crippen LogP contribution in [0.25, 0.3) is 0 Å². The molecule has 0 aromatic rings. The van der Waals surface area contributed by atoms with Crippen molar-refractivity contribution in [1.82, 2.24) is 0 Å². The molecular formula is C6H7F3O6S. The predicted octanol–water partition coefficient (Wildman–Crippen LogP) is -0.0611. The van der Waals surface area contributed by atoms with E-state index in [1.165, 1.54) is 0 Å². The van der Waals surface area contributed by atoms with Crippen LogP contribution in [0.4, 0.5) is 13.2 Å². The summed E-state index contributed by atoms with van der Waals surface area (Å²) in [6.07, 6.45) is -1.04. The molecule has 0 atom stereocenters. The molecule has 0 heterocycles. The third kappa shape index (κ3) is 4.96. The maximum Gasteiger partial charge on any atom is 0.497 e. The highest BCUT2D eigenvalue weighted by molar-refractivity contribution is 7.92. The van der Waals surface area contributed by atoms with Gasteiger partial charge in [0, 0.05) is 0 Å². The molecule has 0 aliphatic carbocycles.